The minimum atomic E-state index is -0.448. The SMILES string of the molecule is CC1CCCN(c2cc(Cl)c(F)cc2N)CC1. The average molecular weight is 257 g/mol. The van der Waals surface area contributed by atoms with Gasteiger partial charge in [0.25, 0.3) is 0 Å². The third-order valence-electron chi connectivity index (χ3n) is 3.43. The van der Waals surface area contributed by atoms with E-state index in [1.54, 1.807) is 6.07 Å². The molecule has 1 atom stereocenters. The number of halogens is 2. The third kappa shape index (κ3) is 2.83. The Kier molecular flexibility index (Phi) is 3.77. The van der Waals surface area contributed by atoms with Gasteiger partial charge in [-0.05, 0) is 31.2 Å². The summed E-state index contributed by atoms with van der Waals surface area (Å²) in [4.78, 5) is 2.21. The highest BCUT2D eigenvalue weighted by Crippen LogP contribution is 2.31. The maximum absolute atomic E-state index is 13.2. The van der Waals surface area contributed by atoms with Gasteiger partial charge in [-0.1, -0.05) is 18.5 Å². The van der Waals surface area contributed by atoms with Gasteiger partial charge in [0.15, 0.2) is 0 Å². The smallest absolute Gasteiger partial charge is 0.143 e. The number of benzene rings is 1. The van der Waals surface area contributed by atoms with Gasteiger partial charge in [0.2, 0.25) is 0 Å². The standard InChI is InChI=1S/C13H18ClFN2/c1-9-3-2-5-17(6-4-9)13-7-10(14)11(15)8-12(13)16/h7-9H,2-6,16H2,1H3. The number of anilines is 2. The molecule has 0 radical (unpaired) electrons. The molecule has 0 aromatic heterocycles. The summed E-state index contributed by atoms with van der Waals surface area (Å²) in [5, 5.41) is 0.145. The molecule has 0 bridgehead atoms. The van der Waals surface area contributed by atoms with Crippen LogP contribution in [0.15, 0.2) is 12.1 Å². The molecular formula is C13H18ClFN2. The maximum Gasteiger partial charge on any atom is 0.143 e. The number of rotatable bonds is 1. The first-order valence-corrected chi connectivity index (χ1v) is 6.45. The van der Waals surface area contributed by atoms with Crippen LogP contribution in [0.25, 0.3) is 0 Å². The van der Waals surface area contributed by atoms with Gasteiger partial charge in [-0.15, -0.1) is 0 Å². The molecule has 1 aromatic carbocycles. The summed E-state index contributed by atoms with van der Waals surface area (Å²) in [6.07, 6.45) is 3.54. The largest absolute Gasteiger partial charge is 0.397 e. The molecule has 1 fully saturated rings. The zero-order valence-corrected chi connectivity index (χ0v) is 10.8. The van der Waals surface area contributed by atoms with Crippen molar-refractivity contribution in [2.24, 2.45) is 5.92 Å². The van der Waals surface area contributed by atoms with E-state index in [9.17, 15) is 4.39 Å². The van der Waals surface area contributed by atoms with Gasteiger partial charge in [-0.25, -0.2) is 4.39 Å². The van der Waals surface area contributed by atoms with Crippen molar-refractivity contribution >= 4 is 23.0 Å². The normalized spacial score (nSPS) is 21.4. The molecule has 1 aliphatic rings. The second-order valence-electron chi connectivity index (χ2n) is 4.85. The molecule has 1 heterocycles. The van der Waals surface area contributed by atoms with Crippen molar-refractivity contribution < 1.29 is 4.39 Å². The first-order valence-electron chi connectivity index (χ1n) is 6.07. The molecule has 0 saturated carbocycles. The number of nitrogen functional groups attached to an aromatic ring is 1. The van der Waals surface area contributed by atoms with Crippen LogP contribution in [0.4, 0.5) is 15.8 Å². The number of nitrogens with zero attached hydrogens (tertiary/aromatic N) is 1. The van der Waals surface area contributed by atoms with E-state index in [0.717, 1.165) is 37.5 Å². The fraction of sp³-hybridized carbons (Fsp3) is 0.538. The van der Waals surface area contributed by atoms with E-state index in [4.69, 9.17) is 17.3 Å². The number of hydrogen-bond acceptors (Lipinski definition) is 2. The summed E-state index contributed by atoms with van der Waals surface area (Å²) in [6.45, 7) is 4.20. The van der Waals surface area contributed by atoms with E-state index in [0.29, 0.717) is 5.69 Å². The second kappa shape index (κ2) is 5.13. The first-order chi connectivity index (χ1) is 8.08. The predicted molar refractivity (Wildman–Crippen MR) is 71.1 cm³/mol. The Balaban J connectivity index is 2.24. The lowest BCUT2D eigenvalue weighted by molar-refractivity contribution is 0.521. The van der Waals surface area contributed by atoms with Gasteiger partial charge in [0, 0.05) is 19.2 Å². The Morgan fingerprint density at radius 1 is 1.35 bits per heavy atom. The Labute approximate surface area is 107 Å². The second-order valence-corrected chi connectivity index (χ2v) is 5.26. The molecule has 1 aliphatic heterocycles. The van der Waals surface area contributed by atoms with Crippen LogP contribution in [0.1, 0.15) is 26.2 Å². The quantitative estimate of drug-likeness (QED) is 0.777. The Bertz CT molecular complexity index is 409. The van der Waals surface area contributed by atoms with Gasteiger partial charge in [0.1, 0.15) is 5.82 Å². The van der Waals surface area contributed by atoms with E-state index in [-0.39, 0.29) is 5.02 Å². The highest BCUT2D eigenvalue weighted by molar-refractivity contribution is 6.31. The van der Waals surface area contributed by atoms with Crippen molar-refractivity contribution in [2.75, 3.05) is 23.7 Å². The van der Waals surface area contributed by atoms with E-state index in [1.165, 1.54) is 12.5 Å². The van der Waals surface area contributed by atoms with Gasteiger partial charge in [-0.2, -0.15) is 0 Å². The van der Waals surface area contributed by atoms with Gasteiger partial charge in [0.05, 0.1) is 16.4 Å². The lowest BCUT2D eigenvalue weighted by Crippen LogP contribution is -2.25. The van der Waals surface area contributed by atoms with Gasteiger partial charge in [-0.3, -0.25) is 0 Å². The summed E-state index contributed by atoms with van der Waals surface area (Å²) < 4.78 is 13.2. The molecule has 2 rings (SSSR count). The lowest BCUT2D eigenvalue weighted by atomic mass is 10.0. The average Bonchev–Trinajstić information content (AvgIpc) is 2.49. The molecule has 1 saturated heterocycles. The minimum absolute atomic E-state index is 0.145. The monoisotopic (exact) mass is 256 g/mol. The van der Waals surface area contributed by atoms with Crippen LogP contribution in [0, 0.1) is 11.7 Å². The minimum Gasteiger partial charge on any atom is -0.397 e. The zero-order chi connectivity index (χ0) is 12.4. The Hall–Kier alpha value is -0.960. The van der Waals surface area contributed by atoms with Crippen LogP contribution in [-0.4, -0.2) is 13.1 Å². The number of hydrogen-bond donors (Lipinski definition) is 1. The highest BCUT2D eigenvalue weighted by Gasteiger charge is 2.17. The molecule has 1 unspecified atom stereocenters. The Morgan fingerprint density at radius 3 is 2.88 bits per heavy atom. The molecule has 2 nitrogen and oxygen atoms in total. The summed E-state index contributed by atoms with van der Waals surface area (Å²) in [5.41, 5.74) is 7.21. The topological polar surface area (TPSA) is 29.3 Å². The van der Waals surface area contributed by atoms with E-state index < -0.39 is 5.82 Å². The van der Waals surface area contributed by atoms with Crippen LogP contribution in [0.3, 0.4) is 0 Å². The summed E-state index contributed by atoms with van der Waals surface area (Å²) in [6, 6.07) is 2.95. The van der Waals surface area contributed by atoms with Crippen molar-refractivity contribution in [2.45, 2.75) is 26.2 Å². The molecule has 0 amide bonds. The van der Waals surface area contributed by atoms with Crippen LogP contribution in [0.5, 0.6) is 0 Å². The van der Waals surface area contributed by atoms with E-state index in [2.05, 4.69) is 11.8 Å². The molecule has 0 spiro atoms. The molecule has 2 N–H and O–H groups in total. The molecule has 1 aromatic rings. The molecule has 4 heteroatoms. The van der Waals surface area contributed by atoms with Crippen LogP contribution < -0.4 is 10.6 Å². The predicted octanol–water partition coefficient (Wildman–Crippen LogP) is 3.69. The summed E-state index contributed by atoms with van der Waals surface area (Å²) >= 11 is 5.82. The lowest BCUT2D eigenvalue weighted by Gasteiger charge is -2.24. The molecule has 94 valence electrons. The van der Waals surface area contributed by atoms with E-state index in [1.807, 2.05) is 0 Å². The maximum atomic E-state index is 13.2. The fourth-order valence-electron chi connectivity index (χ4n) is 2.33. The van der Waals surface area contributed by atoms with Crippen molar-refractivity contribution in [1.29, 1.82) is 0 Å². The number of nitrogens with two attached hydrogens (primary N) is 1. The van der Waals surface area contributed by atoms with Crippen molar-refractivity contribution in [1.82, 2.24) is 0 Å². The van der Waals surface area contributed by atoms with Crippen LogP contribution in [0.2, 0.25) is 5.02 Å². The van der Waals surface area contributed by atoms with Crippen molar-refractivity contribution in [3.05, 3.63) is 23.0 Å². The van der Waals surface area contributed by atoms with Crippen molar-refractivity contribution in [3.63, 3.8) is 0 Å². The highest BCUT2D eigenvalue weighted by atomic mass is 35.5. The van der Waals surface area contributed by atoms with Crippen molar-refractivity contribution in [3.8, 4) is 0 Å². The fourth-order valence-corrected chi connectivity index (χ4v) is 2.49. The zero-order valence-electron chi connectivity index (χ0n) is 10.0. The molecular weight excluding hydrogens is 239 g/mol. The summed E-state index contributed by atoms with van der Waals surface area (Å²) in [5.74, 6) is 0.299. The first kappa shape index (κ1) is 12.5. The van der Waals surface area contributed by atoms with Gasteiger partial charge < -0.3 is 10.6 Å². The third-order valence-corrected chi connectivity index (χ3v) is 3.72. The van der Waals surface area contributed by atoms with E-state index >= 15 is 0 Å². The van der Waals surface area contributed by atoms with Crippen LogP contribution in [-0.2, 0) is 0 Å². The van der Waals surface area contributed by atoms with Crippen LogP contribution >= 0.6 is 11.6 Å². The van der Waals surface area contributed by atoms with Gasteiger partial charge >= 0.3 is 0 Å². The Morgan fingerprint density at radius 2 is 2.12 bits per heavy atom. The molecule has 17 heavy (non-hydrogen) atoms. The summed E-state index contributed by atoms with van der Waals surface area (Å²) in [7, 11) is 0. The molecule has 0 aliphatic carbocycles.